The molecule has 0 spiro atoms. The Morgan fingerprint density at radius 3 is 2.39 bits per heavy atom. The minimum atomic E-state index is -0.339. The number of likely N-dealkylation sites (N-methyl/N-ethyl adjacent to an activating group) is 1. The van der Waals surface area contributed by atoms with Gasteiger partial charge in [-0.25, -0.2) is 0 Å². The number of rotatable bonds is 11. The molecule has 0 aromatic heterocycles. The molecule has 1 N–H and O–H groups in total. The van der Waals surface area contributed by atoms with E-state index >= 15 is 0 Å². The van der Waals surface area contributed by atoms with E-state index in [1.165, 1.54) is 4.90 Å². The van der Waals surface area contributed by atoms with Gasteiger partial charge in [-0.3, -0.25) is 14.5 Å². The van der Waals surface area contributed by atoms with E-state index < -0.39 is 0 Å². The van der Waals surface area contributed by atoms with Crippen molar-refractivity contribution in [1.29, 1.82) is 0 Å². The van der Waals surface area contributed by atoms with E-state index in [1.54, 1.807) is 36.2 Å². The minimum Gasteiger partial charge on any atom is -0.494 e. The number of hydrogen-bond donors (Lipinski definition) is 1. The number of hydrogen-bond acceptors (Lipinski definition) is 6. The predicted octanol–water partition coefficient (Wildman–Crippen LogP) is 1.90. The van der Waals surface area contributed by atoms with Crippen molar-refractivity contribution in [2.24, 2.45) is 0 Å². The van der Waals surface area contributed by atoms with E-state index in [9.17, 15) is 14.7 Å². The predicted molar refractivity (Wildman–Crippen MR) is 107 cm³/mol. The average molecular weight is 390 g/mol. The van der Waals surface area contributed by atoms with Crippen molar-refractivity contribution in [3.8, 4) is 5.75 Å². The quantitative estimate of drug-likeness (QED) is 0.459. The van der Waals surface area contributed by atoms with Gasteiger partial charge in [0.2, 0.25) is 0 Å². The van der Waals surface area contributed by atoms with Gasteiger partial charge >= 0.3 is 0 Å². The van der Waals surface area contributed by atoms with Crippen molar-refractivity contribution in [3.63, 3.8) is 0 Å². The third-order valence-electron chi connectivity index (χ3n) is 4.39. The van der Waals surface area contributed by atoms with E-state index in [0.717, 1.165) is 0 Å². The summed E-state index contributed by atoms with van der Waals surface area (Å²) < 4.78 is 11.0. The molecule has 7 nitrogen and oxygen atoms in total. The van der Waals surface area contributed by atoms with Crippen molar-refractivity contribution >= 4 is 17.4 Å². The van der Waals surface area contributed by atoms with E-state index in [-0.39, 0.29) is 31.1 Å². The molecule has 0 radical (unpaired) electrons. The van der Waals surface area contributed by atoms with E-state index in [1.807, 2.05) is 20.8 Å². The van der Waals surface area contributed by atoms with Crippen molar-refractivity contribution in [2.75, 3.05) is 40.0 Å². The highest BCUT2D eigenvalue weighted by Crippen LogP contribution is 2.32. The molecule has 0 unspecified atom stereocenters. The number of aliphatic hydroxyl groups is 1. The zero-order chi connectivity index (χ0) is 20.7. The van der Waals surface area contributed by atoms with Crippen LogP contribution >= 0.6 is 0 Å². The first-order chi connectivity index (χ1) is 13.4. The van der Waals surface area contributed by atoms with Crippen LogP contribution in [0, 0.1) is 0 Å². The molecule has 2 rings (SSSR count). The van der Waals surface area contributed by atoms with Gasteiger partial charge in [0, 0.05) is 26.7 Å². The Bertz CT molecular complexity index is 712. The molecule has 7 heteroatoms. The van der Waals surface area contributed by atoms with Crippen LogP contribution in [0.15, 0.2) is 30.0 Å². The molecular weight excluding hydrogens is 360 g/mol. The highest BCUT2D eigenvalue weighted by atomic mass is 16.5. The largest absolute Gasteiger partial charge is 0.494 e. The molecule has 0 saturated heterocycles. The summed E-state index contributed by atoms with van der Waals surface area (Å²) in [4.78, 5) is 28.9. The summed E-state index contributed by atoms with van der Waals surface area (Å²) in [5.41, 5.74) is 1.32. The first-order valence-electron chi connectivity index (χ1n) is 9.68. The summed E-state index contributed by atoms with van der Waals surface area (Å²) in [5.74, 6) is 0.0458. The molecule has 1 aliphatic rings. The van der Waals surface area contributed by atoms with Gasteiger partial charge in [-0.2, -0.15) is 0 Å². The van der Waals surface area contributed by atoms with Crippen molar-refractivity contribution in [2.45, 2.75) is 33.3 Å². The van der Waals surface area contributed by atoms with Gasteiger partial charge in [0.1, 0.15) is 11.4 Å². The zero-order valence-electron chi connectivity index (χ0n) is 17.1. The molecule has 0 bridgehead atoms. The first-order valence-corrected chi connectivity index (χ1v) is 9.68. The maximum Gasteiger partial charge on any atom is 0.277 e. The number of carbonyl (C=O) groups is 2. The van der Waals surface area contributed by atoms with Gasteiger partial charge in [-0.15, -0.1) is 0 Å². The van der Waals surface area contributed by atoms with Gasteiger partial charge in [0.15, 0.2) is 0 Å². The van der Waals surface area contributed by atoms with Crippen LogP contribution in [0.4, 0.5) is 0 Å². The lowest BCUT2D eigenvalue weighted by molar-refractivity contribution is -0.137. The topological polar surface area (TPSA) is 79.3 Å². The Morgan fingerprint density at radius 1 is 1.14 bits per heavy atom. The molecule has 154 valence electrons. The molecule has 2 amide bonds. The second kappa shape index (κ2) is 10.2. The van der Waals surface area contributed by atoms with Crippen LogP contribution in [-0.4, -0.2) is 72.8 Å². The van der Waals surface area contributed by atoms with Crippen LogP contribution in [0.2, 0.25) is 0 Å². The highest BCUT2D eigenvalue weighted by Gasteiger charge is 2.40. The fourth-order valence-electron chi connectivity index (χ4n) is 3.07. The summed E-state index contributed by atoms with van der Waals surface area (Å²) in [7, 11) is 1.71. The summed E-state index contributed by atoms with van der Waals surface area (Å²) >= 11 is 0. The van der Waals surface area contributed by atoms with Gasteiger partial charge in [0.25, 0.3) is 11.8 Å². The first kappa shape index (κ1) is 21.9. The number of amides is 2. The van der Waals surface area contributed by atoms with E-state index in [0.29, 0.717) is 48.8 Å². The van der Waals surface area contributed by atoms with Crippen LogP contribution in [-0.2, 0) is 14.3 Å². The Labute approximate surface area is 166 Å². The molecule has 1 aliphatic heterocycles. The molecule has 0 atom stereocenters. The van der Waals surface area contributed by atoms with Crippen molar-refractivity contribution in [1.82, 2.24) is 9.80 Å². The van der Waals surface area contributed by atoms with Crippen LogP contribution in [0.5, 0.6) is 5.75 Å². The number of ether oxygens (including phenoxy) is 2. The smallest absolute Gasteiger partial charge is 0.277 e. The highest BCUT2D eigenvalue weighted by molar-refractivity contribution is 6.35. The second-order valence-electron chi connectivity index (χ2n) is 6.86. The SMILES string of the molecule is CCOc1ccc(C2=C(N(C)CCO)C(=O)N(CCCOC(C)C)C2=O)cc1. The lowest BCUT2D eigenvalue weighted by atomic mass is 10.0. The zero-order valence-corrected chi connectivity index (χ0v) is 17.1. The normalized spacial score (nSPS) is 14.4. The number of benzene rings is 1. The lowest BCUT2D eigenvalue weighted by Crippen LogP contribution is -2.36. The van der Waals surface area contributed by atoms with Crippen molar-refractivity contribution in [3.05, 3.63) is 35.5 Å². The molecule has 0 saturated carbocycles. The van der Waals surface area contributed by atoms with Gasteiger partial charge < -0.3 is 19.5 Å². The lowest BCUT2D eigenvalue weighted by Gasteiger charge is -2.20. The third-order valence-corrected chi connectivity index (χ3v) is 4.39. The molecule has 28 heavy (non-hydrogen) atoms. The fourth-order valence-corrected chi connectivity index (χ4v) is 3.07. The number of imide groups is 1. The van der Waals surface area contributed by atoms with Crippen LogP contribution in [0.25, 0.3) is 5.57 Å². The summed E-state index contributed by atoms with van der Waals surface area (Å²) in [5, 5.41) is 9.29. The average Bonchev–Trinajstić information content (AvgIpc) is 2.90. The van der Waals surface area contributed by atoms with Crippen LogP contribution < -0.4 is 4.74 Å². The molecule has 1 aromatic carbocycles. The number of aliphatic hydroxyl groups excluding tert-OH is 1. The Kier molecular flexibility index (Phi) is 8.02. The molecule has 0 aliphatic carbocycles. The minimum absolute atomic E-state index is 0.105. The maximum atomic E-state index is 13.1. The standard InChI is InChI=1S/C21H30N2O5/c1-5-27-17-9-7-16(8-10-17)18-19(22(4)12-13-24)21(26)23(20(18)25)11-6-14-28-15(2)3/h7-10,15,24H,5-6,11-14H2,1-4H3. The second-order valence-corrected chi connectivity index (χ2v) is 6.86. The summed E-state index contributed by atoms with van der Waals surface area (Å²) in [6.07, 6.45) is 0.678. The van der Waals surface area contributed by atoms with Crippen LogP contribution in [0.3, 0.4) is 0 Å². The molecule has 0 fully saturated rings. The molecular formula is C21H30N2O5. The molecule has 1 heterocycles. The monoisotopic (exact) mass is 390 g/mol. The van der Waals surface area contributed by atoms with Gasteiger partial charge in [-0.1, -0.05) is 12.1 Å². The Hall–Kier alpha value is -2.38. The van der Waals surface area contributed by atoms with Crippen LogP contribution in [0.1, 0.15) is 32.8 Å². The number of carbonyl (C=O) groups excluding carboxylic acids is 2. The Morgan fingerprint density at radius 2 is 1.82 bits per heavy atom. The maximum absolute atomic E-state index is 13.1. The number of nitrogens with zero attached hydrogens (tertiary/aromatic N) is 2. The Balaban J connectivity index is 2.28. The summed E-state index contributed by atoms with van der Waals surface area (Å²) in [6, 6.07) is 7.13. The molecule has 1 aromatic rings. The van der Waals surface area contributed by atoms with E-state index in [2.05, 4.69) is 0 Å². The fraction of sp³-hybridized carbons (Fsp3) is 0.524. The third kappa shape index (κ3) is 5.11. The van der Waals surface area contributed by atoms with Gasteiger partial charge in [-0.05, 0) is 44.9 Å². The van der Waals surface area contributed by atoms with Gasteiger partial charge in [0.05, 0.1) is 24.9 Å². The van der Waals surface area contributed by atoms with E-state index in [4.69, 9.17) is 9.47 Å². The summed E-state index contributed by atoms with van der Waals surface area (Å²) in [6.45, 7) is 7.27. The van der Waals surface area contributed by atoms with Crippen molar-refractivity contribution < 1.29 is 24.2 Å².